The number of aliphatic hydroxyl groups excluding tert-OH is 2. The summed E-state index contributed by atoms with van der Waals surface area (Å²) in [6.45, 7) is 0.0166. The van der Waals surface area contributed by atoms with E-state index in [0.29, 0.717) is 0 Å². The van der Waals surface area contributed by atoms with E-state index in [1.54, 1.807) is 0 Å². The highest BCUT2D eigenvalue weighted by Crippen LogP contribution is 2.59. The van der Waals surface area contributed by atoms with Gasteiger partial charge in [0, 0.05) is 84.3 Å². The van der Waals surface area contributed by atoms with Gasteiger partial charge in [-0.05, 0) is 20.8 Å². The number of carbonyl (C=O) groups is 3. The van der Waals surface area contributed by atoms with E-state index >= 15 is 0 Å². The zero-order valence-corrected chi connectivity index (χ0v) is 46.7. The molecular weight excluding hydrogens is 1130 g/mol. The number of nitrogens with zero attached hydrogens (tertiary/aromatic N) is 3. The zero-order valence-electron chi connectivity index (χ0n) is 44.9. The van der Waals surface area contributed by atoms with Crippen LogP contribution in [0.4, 0.5) is 0 Å². The molecule has 3 amide bonds. The van der Waals surface area contributed by atoms with Gasteiger partial charge in [-0.2, -0.15) is 0 Å². The van der Waals surface area contributed by atoms with Crippen molar-refractivity contribution in [1.82, 2.24) is 44.6 Å². The minimum absolute atomic E-state index is 0.183. The lowest BCUT2D eigenvalue weighted by Gasteiger charge is -2.36. The molecule has 0 saturated carbocycles. The van der Waals surface area contributed by atoms with E-state index in [2.05, 4.69) is 30.9 Å². The summed E-state index contributed by atoms with van der Waals surface area (Å²) < 4.78 is 97.9. The van der Waals surface area contributed by atoms with Crippen LogP contribution in [-0.2, 0) is 75.0 Å². The van der Waals surface area contributed by atoms with E-state index in [0.717, 1.165) is 71.4 Å². The molecular formula is C45H67N9O25P2. The first-order valence-electron chi connectivity index (χ1n) is 25.1. The van der Waals surface area contributed by atoms with Gasteiger partial charge in [0.1, 0.15) is 54.9 Å². The average Bonchev–Trinajstić information content (AvgIpc) is 4.29. The Labute approximate surface area is 458 Å². The highest BCUT2D eigenvalue weighted by atomic mass is 31.2. The maximum absolute atomic E-state index is 14.9. The van der Waals surface area contributed by atoms with Crippen molar-refractivity contribution in [2.45, 2.75) is 125 Å². The predicted octanol–water partition coefficient (Wildman–Crippen LogP) is -3.84. The normalized spacial score (nSPS) is 27.5. The van der Waals surface area contributed by atoms with Crippen molar-refractivity contribution >= 4 is 32.9 Å². The predicted molar refractivity (Wildman–Crippen MR) is 274 cm³/mol. The second kappa shape index (κ2) is 28.1. The Hall–Kier alpha value is -5.65. The van der Waals surface area contributed by atoms with Gasteiger partial charge in [-0.3, -0.25) is 66.6 Å². The first kappa shape index (κ1) is 64.5. The lowest BCUT2D eigenvalue weighted by Crippen LogP contribution is -2.45. The highest BCUT2D eigenvalue weighted by molar-refractivity contribution is 7.54. The lowest BCUT2D eigenvalue weighted by molar-refractivity contribution is -0.129. The minimum Gasteiger partial charge on any atom is -0.394 e. The van der Waals surface area contributed by atoms with Crippen LogP contribution in [0, 0.1) is 0 Å². The summed E-state index contributed by atoms with van der Waals surface area (Å²) in [5.74, 6) is -2.98. The Morgan fingerprint density at radius 1 is 0.642 bits per heavy atom. The Bertz CT molecular complexity index is 3130. The van der Waals surface area contributed by atoms with Gasteiger partial charge in [0.2, 0.25) is 17.7 Å². The SMILES string of the molecule is CNC(=O)CCOC1C(O)C(COP(=O)(O)C(C)(C)OC2C(COP(=O)(OC)C(C)OC3C(CO)OC(n4ccc(=O)[nH]c4=O)C3OCCC(=O)NC)OC(n3ccc(=O)[nH]c3=O)C2OCCC(=O)NC)OC1n1ccc(=O)[nH]c1=O. The standard InChI is InChI=1S/C45H67N9O25P2/c1-23(75-34-24(20-55)76-40(37(34)71-18-12-28(57)47-5)53-15-9-31(60)50-43(53)64)80(66,69-7)73-22-26-35(38(72-19-13-29(58)48-6)41(78-26)54-16-10-32(61)51-44(54)65)79-45(2,3)81(67,68)74-21-25-33(62)36(70-17-11-27(56)46-4)39(77-25)52-14-8-30(59)49-42(52)63/h8-10,14-16,23-26,33-41,55,62H,11-13,17-22H2,1-7H3,(H,46,56)(H,47,57)(H,48,58)(H,67,68)(H,49,59,63)(H,50,60,64)(H,51,61,65). The van der Waals surface area contributed by atoms with E-state index in [9.17, 15) is 67.4 Å². The van der Waals surface area contributed by atoms with Crippen LogP contribution in [0.15, 0.2) is 65.6 Å². The van der Waals surface area contributed by atoms with Crippen molar-refractivity contribution in [3.63, 3.8) is 0 Å². The third-order valence-electron chi connectivity index (χ3n) is 13.2. The number of hydrogen-bond acceptors (Lipinski definition) is 24. The largest absolute Gasteiger partial charge is 0.394 e. The van der Waals surface area contributed by atoms with Gasteiger partial charge in [0.25, 0.3) is 16.7 Å². The van der Waals surface area contributed by atoms with Gasteiger partial charge < -0.3 is 82.5 Å². The van der Waals surface area contributed by atoms with E-state index in [-0.39, 0.29) is 32.5 Å². The van der Waals surface area contributed by atoms with Crippen molar-refractivity contribution in [2.75, 3.05) is 67.9 Å². The smallest absolute Gasteiger partial charge is 0.359 e. The van der Waals surface area contributed by atoms with Gasteiger partial charge in [0.05, 0.1) is 39.6 Å². The Morgan fingerprint density at radius 3 is 1.46 bits per heavy atom. The molecule has 6 rings (SSSR count). The second-order valence-corrected chi connectivity index (χ2v) is 23.6. The molecule has 15 unspecified atom stereocenters. The van der Waals surface area contributed by atoms with Crippen LogP contribution in [-0.4, -0.2) is 195 Å². The zero-order chi connectivity index (χ0) is 59.6. The van der Waals surface area contributed by atoms with E-state index in [1.807, 2.05) is 0 Å². The lowest BCUT2D eigenvalue weighted by atomic mass is 10.1. The summed E-state index contributed by atoms with van der Waals surface area (Å²) >= 11 is 0. The number of ether oxygens (including phenoxy) is 8. The summed E-state index contributed by atoms with van der Waals surface area (Å²) in [5, 5.41) is 26.9. The number of nitrogens with one attached hydrogen (secondary N) is 6. The molecule has 6 heterocycles. The fourth-order valence-electron chi connectivity index (χ4n) is 8.70. The molecule has 34 nitrogen and oxygen atoms in total. The van der Waals surface area contributed by atoms with Gasteiger partial charge in [-0.15, -0.1) is 0 Å². The van der Waals surface area contributed by atoms with Crippen LogP contribution in [0.2, 0.25) is 0 Å². The quantitative estimate of drug-likeness (QED) is 0.0301. The fourth-order valence-corrected chi connectivity index (χ4v) is 10.9. The van der Waals surface area contributed by atoms with Crippen molar-refractivity contribution in [2.24, 2.45) is 0 Å². The molecule has 3 aromatic heterocycles. The number of carbonyl (C=O) groups excluding carboxylic acids is 3. The molecule has 0 bridgehead atoms. The number of aliphatic hydroxyl groups is 2. The molecule has 452 valence electrons. The number of aromatic amines is 3. The molecule has 3 aromatic rings. The van der Waals surface area contributed by atoms with Crippen LogP contribution < -0.4 is 49.7 Å². The van der Waals surface area contributed by atoms with Crippen molar-refractivity contribution in [3.05, 3.63) is 99.3 Å². The Balaban J connectivity index is 1.29. The van der Waals surface area contributed by atoms with Crippen molar-refractivity contribution in [3.8, 4) is 0 Å². The maximum atomic E-state index is 14.9. The van der Waals surface area contributed by atoms with Crippen LogP contribution in [0.5, 0.6) is 0 Å². The third kappa shape index (κ3) is 15.5. The number of aromatic nitrogens is 6. The first-order chi connectivity index (χ1) is 38.3. The summed E-state index contributed by atoms with van der Waals surface area (Å²) in [5.41, 5.74) is -5.24. The number of hydrogen-bond donors (Lipinski definition) is 9. The van der Waals surface area contributed by atoms with Gasteiger partial charge in [-0.25, -0.2) is 14.4 Å². The van der Waals surface area contributed by atoms with E-state index in [4.69, 9.17) is 51.5 Å². The summed E-state index contributed by atoms with van der Waals surface area (Å²) in [4.78, 5) is 130. The van der Waals surface area contributed by atoms with Crippen molar-refractivity contribution in [1.29, 1.82) is 0 Å². The third-order valence-corrected chi connectivity index (χ3v) is 17.2. The molecule has 81 heavy (non-hydrogen) atoms. The molecule has 3 saturated heterocycles. The topological polar surface area (TPSA) is 448 Å². The monoisotopic (exact) mass is 1200 g/mol. The van der Waals surface area contributed by atoms with E-state index in [1.165, 1.54) is 28.1 Å². The highest BCUT2D eigenvalue weighted by Gasteiger charge is 2.56. The number of H-pyrrole nitrogens is 3. The summed E-state index contributed by atoms with van der Waals surface area (Å²) in [7, 11) is -4.72. The van der Waals surface area contributed by atoms with Crippen LogP contribution >= 0.6 is 15.2 Å². The molecule has 3 aliphatic heterocycles. The molecule has 3 aliphatic rings. The molecule has 0 aromatic carbocycles. The summed E-state index contributed by atoms with van der Waals surface area (Å²) in [6.07, 6.45) is -15.5. The van der Waals surface area contributed by atoms with Crippen LogP contribution in [0.3, 0.4) is 0 Å². The molecule has 0 aliphatic carbocycles. The van der Waals surface area contributed by atoms with Crippen molar-refractivity contribution < 1.29 is 90.1 Å². The molecule has 3 fully saturated rings. The van der Waals surface area contributed by atoms with Crippen LogP contribution in [0.25, 0.3) is 0 Å². The molecule has 15 atom stereocenters. The van der Waals surface area contributed by atoms with Gasteiger partial charge in [-0.1, -0.05) is 0 Å². The molecule has 0 spiro atoms. The van der Waals surface area contributed by atoms with Crippen LogP contribution in [0.1, 0.15) is 58.7 Å². The fraction of sp³-hybridized carbons (Fsp3) is 0.667. The Morgan fingerprint density at radius 2 is 1.04 bits per heavy atom. The number of rotatable bonds is 29. The van der Waals surface area contributed by atoms with Gasteiger partial charge in [0.15, 0.2) is 29.9 Å². The first-order valence-corrected chi connectivity index (χ1v) is 28.3. The number of amides is 3. The van der Waals surface area contributed by atoms with Gasteiger partial charge >= 0.3 is 32.3 Å². The second-order valence-electron chi connectivity index (χ2n) is 18.8. The molecule has 0 radical (unpaired) electrons. The average molecular weight is 1200 g/mol. The molecule has 9 N–H and O–H groups in total. The Kier molecular flexibility index (Phi) is 22.4. The summed E-state index contributed by atoms with van der Waals surface area (Å²) in [6, 6.07) is 2.99. The molecule has 36 heteroatoms. The maximum Gasteiger partial charge on any atom is 0.359 e. The minimum atomic E-state index is -5.21. The van der Waals surface area contributed by atoms with E-state index < -0.39 is 178 Å².